The van der Waals surface area contributed by atoms with E-state index in [0.29, 0.717) is 31.8 Å². The van der Waals surface area contributed by atoms with E-state index in [2.05, 4.69) is 5.32 Å². The number of ether oxygens (including phenoxy) is 1. The number of benzene rings is 1. The summed E-state index contributed by atoms with van der Waals surface area (Å²) in [4.78, 5) is 1.78. The van der Waals surface area contributed by atoms with Crippen LogP contribution in [0.4, 0.5) is 18.9 Å². The summed E-state index contributed by atoms with van der Waals surface area (Å²) in [7, 11) is 1.72. The van der Waals surface area contributed by atoms with Gasteiger partial charge in [0.15, 0.2) is 0 Å². The van der Waals surface area contributed by atoms with E-state index in [1.807, 2.05) is 6.92 Å². The summed E-state index contributed by atoms with van der Waals surface area (Å²) in [5.74, 6) is 0. The Morgan fingerprint density at radius 1 is 1.38 bits per heavy atom. The van der Waals surface area contributed by atoms with Gasteiger partial charge in [0.25, 0.3) is 0 Å². The molecule has 2 rings (SSSR count). The molecule has 0 amide bonds. The maximum atomic E-state index is 13.3. The van der Waals surface area contributed by atoms with Gasteiger partial charge in [-0.2, -0.15) is 13.2 Å². The van der Waals surface area contributed by atoms with E-state index < -0.39 is 11.7 Å². The van der Waals surface area contributed by atoms with Crippen LogP contribution >= 0.6 is 0 Å². The van der Waals surface area contributed by atoms with E-state index in [9.17, 15) is 13.2 Å². The van der Waals surface area contributed by atoms with Crippen LogP contribution in [0.2, 0.25) is 0 Å². The van der Waals surface area contributed by atoms with Crippen LogP contribution in [-0.2, 0) is 17.5 Å². The molecule has 1 saturated heterocycles. The monoisotopic (exact) mass is 302 g/mol. The largest absolute Gasteiger partial charge is 0.418 e. The summed E-state index contributed by atoms with van der Waals surface area (Å²) in [5.41, 5.74) is 0.324. The Morgan fingerprint density at radius 2 is 2.14 bits per heavy atom. The highest BCUT2D eigenvalue weighted by Gasteiger charge is 2.36. The first-order chi connectivity index (χ1) is 9.95. The first-order valence-corrected chi connectivity index (χ1v) is 7.17. The third-order valence-electron chi connectivity index (χ3n) is 3.68. The lowest BCUT2D eigenvalue weighted by Crippen LogP contribution is -2.43. The standard InChI is InChI=1S/C15H21F3N2O/c1-3-12-10-20(6-7-21-12)14-5-4-11(9-19-2)8-13(14)15(16,17)18/h4-5,8,12,19H,3,6-7,9-10H2,1-2H3. The molecule has 1 aliphatic rings. The van der Waals surface area contributed by atoms with E-state index in [1.165, 1.54) is 6.07 Å². The van der Waals surface area contributed by atoms with Crippen LogP contribution in [0.3, 0.4) is 0 Å². The molecule has 0 spiro atoms. The number of nitrogens with one attached hydrogen (secondary N) is 1. The maximum Gasteiger partial charge on any atom is 0.418 e. The van der Waals surface area contributed by atoms with Crippen molar-refractivity contribution in [2.75, 3.05) is 31.6 Å². The van der Waals surface area contributed by atoms with Crippen LogP contribution in [0.15, 0.2) is 18.2 Å². The fourth-order valence-corrected chi connectivity index (χ4v) is 2.59. The van der Waals surface area contributed by atoms with Crippen molar-refractivity contribution in [3.05, 3.63) is 29.3 Å². The number of halogens is 3. The number of morpholine rings is 1. The fraction of sp³-hybridized carbons (Fsp3) is 0.600. The molecule has 1 fully saturated rings. The zero-order valence-electron chi connectivity index (χ0n) is 12.3. The number of hydrogen-bond donors (Lipinski definition) is 1. The predicted molar refractivity (Wildman–Crippen MR) is 76.5 cm³/mol. The van der Waals surface area contributed by atoms with E-state index in [-0.39, 0.29) is 11.8 Å². The molecule has 1 heterocycles. The zero-order valence-corrected chi connectivity index (χ0v) is 12.3. The Labute approximate surface area is 123 Å². The highest BCUT2D eigenvalue weighted by Crippen LogP contribution is 2.38. The summed E-state index contributed by atoms with van der Waals surface area (Å²) in [5, 5.41) is 2.88. The Morgan fingerprint density at radius 3 is 2.76 bits per heavy atom. The van der Waals surface area contributed by atoms with Crippen LogP contribution in [0.25, 0.3) is 0 Å². The van der Waals surface area contributed by atoms with Gasteiger partial charge in [0.05, 0.1) is 18.3 Å². The first-order valence-electron chi connectivity index (χ1n) is 7.17. The average molecular weight is 302 g/mol. The molecular formula is C15H21F3N2O. The van der Waals surface area contributed by atoms with Crippen LogP contribution in [0.1, 0.15) is 24.5 Å². The van der Waals surface area contributed by atoms with Crippen molar-refractivity contribution in [2.45, 2.75) is 32.2 Å². The molecule has 0 bridgehead atoms. The number of anilines is 1. The average Bonchev–Trinajstić information content (AvgIpc) is 2.47. The summed E-state index contributed by atoms with van der Waals surface area (Å²) < 4.78 is 45.5. The molecule has 0 aromatic heterocycles. The maximum absolute atomic E-state index is 13.3. The van der Waals surface area contributed by atoms with E-state index in [1.54, 1.807) is 24.1 Å². The molecule has 0 saturated carbocycles. The minimum Gasteiger partial charge on any atom is -0.375 e. The normalized spacial score (nSPS) is 19.9. The highest BCUT2D eigenvalue weighted by atomic mass is 19.4. The zero-order chi connectivity index (χ0) is 15.5. The minimum absolute atomic E-state index is 0.00295. The third kappa shape index (κ3) is 3.89. The molecule has 21 heavy (non-hydrogen) atoms. The van der Waals surface area contributed by atoms with Crippen LogP contribution < -0.4 is 10.2 Å². The van der Waals surface area contributed by atoms with Gasteiger partial charge in [0.1, 0.15) is 0 Å². The lowest BCUT2D eigenvalue weighted by Gasteiger charge is -2.35. The van der Waals surface area contributed by atoms with Gasteiger partial charge in [-0.25, -0.2) is 0 Å². The SMILES string of the molecule is CCC1CN(c2ccc(CNC)cc2C(F)(F)F)CCO1. The molecule has 3 nitrogen and oxygen atoms in total. The second-order valence-electron chi connectivity index (χ2n) is 5.23. The summed E-state index contributed by atoms with van der Waals surface area (Å²) >= 11 is 0. The smallest absolute Gasteiger partial charge is 0.375 e. The van der Waals surface area contributed by atoms with Crippen molar-refractivity contribution >= 4 is 5.69 Å². The molecule has 0 aliphatic carbocycles. The predicted octanol–water partition coefficient (Wildman–Crippen LogP) is 3.04. The van der Waals surface area contributed by atoms with Crippen molar-refractivity contribution in [1.29, 1.82) is 0 Å². The summed E-state index contributed by atoms with van der Waals surface area (Å²) in [6.07, 6.45) is -3.55. The fourth-order valence-electron chi connectivity index (χ4n) is 2.59. The lowest BCUT2D eigenvalue weighted by atomic mass is 10.1. The Kier molecular flexibility index (Phi) is 5.11. The Hall–Kier alpha value is -1.27. The second kappa shape index (κ2) is 6.66. The molecule has 1 aromatic carbocycles. The van der Waals surface area contributed by atoms with E-state index in [0.717, 1.165) is 6.42 Å². The quantitative estimate of drug-likeness (QED) is 0.925. The topological polar surface area (TPSA) is 24.5 Å². The highest BCUT2D eigenvalue weighted by molar-refractivity contribution is 5.57. The van der Waals surface area contributed by atoms with Crippen LogP contribution in [-0.4, -0.2) is 32.8 Å². The second-order valence-corrected chi connectivity index (χ2v) is 5.23. The van der Waals surface area contributed by atoms with Crippen molar-refractivity contribution in [1.82, 2.24) is 5.32 Å². The lowest BCUT2D eigenvalue weighted by molar-refractivity contribution is -0.137. The van der Waals surface area contributed by atoms with Gasteiger partial charge in [-0.1, -0.05) is 13.0 Å². The van der Waals surface area contributed by atoms with Crippen molar-refractivity contribution in [3.8, 4) is 0 Å². The van der Waals surface area contributed by atoms with Gasteiger partial charge in [-0.3, -0.25) is 0 Å². The van der Waals surface area contributed by atoms with Gasteiger partial charge in [0, 0.05) is 25.3 Å². The van der Waals surface area contributed by atoms with Gasteiger partial charge in [-0.15, -0.1) is 0 Å². The van der Waals surface area contributed by atoms with Gasteiger partial charge < -0.3 is 15.0 Å². The van der Waals surface area contributed by atoms with Crippen LogP contribution in [0, 0.1) is 0 Å². The summed E-state index contributed by atoms with van der Waals surface area (Å²) in [6, 6.07) is 4.56. The van der Waals surface area contributed by atoms with E-state index in [4.69, 9.17) is 4.74 Å². The number of nitrogens with zero attached hydrogens (tertiary/aromatic N) is 1. The molecule has 1 unspecified atom stereocenters. The third-order valence-corrected chi connectivity index (χ3v) is 3.68. The van der Waals surface area contributed by atoms with Crippen molar-refractivity contribution < 1.29 is 17.9 Å². The van der Waals surface area contributed by atoms with Gasteiger partial charge in [-0.05, 0) is 31.2 Å². The van der Waals surface area contributed by atoms with Crippen LogP contribution in [0.5, 0.6) is 0 Å². The molecule has 1 atom stereocenters. The van der Waals surface area contributed by atoms with Crippen molar-refractivity contribution in [3.63, 3.8) is 0 Å². The van der Waals surface area contributed by atoms with Gasteiger partial charge >= 0.3 is 6.18 Å². The molecule has 1 aliphatic heterocycles. The first kappa shape index (κ1) is 16.1. The molecule has 118 valence electrons. The number of hydrogen-bond acceptors (Lipinski definition) is 3. The molecule has 6 heteroatoms. The van der Waals surface area contributed by atoms with Gasteiger partial charge in [0.2, 0.25) is 0 Å². The molecule has 1 aromatic rings. The van der Waals surface area contributed by atoms with Crippen molar-refractivity contribution in [2.24, 2.45) is 0 Å². The summed E-state index contributed by atoms with van der Waals surface area (Å²) in [6.45, 7) is 3.86. The molecule has 0 radical (unpaired) electrons. The Bertz CT molecular complexity index is 476. The number of rotatable bonds is 4. The Balaban J connectivity index is 2.33. The van der Waals surface area contributed by atoms with E-state index >= 15 is 0 Å². The molecular weight excluding hydrogens is 281 g/mol. The number of alkyl halides is 3. The minimum atomic E-state index is -4.35. The molecule has 1 N–H and O–H groups in total.